The van der Waals surface area contributed by atoms with Crippen LogP contribution < -0.4 is 0 Å². The minimum absolute atomic E-state index is 0.111. The molecule has 4 heteroatoms. The molecule has 16 heavy (non-hydrogen) atoms. The van der Waals surface area contributed by atoms with Gasteiger partial charge in [-0.25, -0.2) is 0 Å². The highest BCUT2D eigenvalue weighted by molar-refractivity contribution is 5.35. The lowest BCUT2D eigenvalue weighted by atomic mass is 10.1. The molecule has 94 valence electrons. The first-order valence-corrected chi connectivity index (χ1v) is 5.28. The van der Waals surface area contributed by atoms with Gasteiger partial charge in [0, 0.05) is 0 Å². The van der Waals surface area contributed by atoms with Gasteiger partial charge in [0.05, 0.1) is 5.56 Å². The highest BCUT2D eigenvalue weighted by Gasteiger charge is 2.32. The standard InChI is InChI=1S/C8H7F3O.2C2H6/c1-5-2-3-6(12)4-7(5)8(9,10)11;2*1-2/h2-4,12H,1H3;2*1-2H3. The molecule has 0 radical (unpaired) electrons. The fourth-order valence-corrected chi connectivity index (χ4v) is 0.915. The van der Waals surface area contributed by atoms with E-state index in [9.17, 15) is 13.2 Å². The van der Waals surface area contributed by atoms with Crippen molar-refractivity contribution in [2.75, 3.05) is 0 Å². The van der Waals surface area contributed by atoms with Gasteiger partial charge >= 0.3 is 6.18 Å². The number of phenolic OH excluding ortho intramolecular Hbond substituents is 1. The Hall–Kier alpha value is -1.19. The molecule has 0 aliphatic rings. The topological polar surface area (TPSA) is 20.2 Å². The third-order valence-corrected chi connectivity index (χ3v) is 1.53. The molecule has 0 atom stereocenters. The van der Waals surface area contributed by atoms with E-state index in [1.165, 1.54) is 19.1 Å². The van der Waals surface area contributed by atoms with E-state index in [-0.39, 0.29) is 11.3 Å². The van der Waals surface area contributed by atoms with Crippen molar-refractivity contribution in [1.82, 2.24) is 0 Å². The maximum atomic E-state index is 12.1. The largest absolute Gasteiger partial charge is 0.508 e. The molecule has 1 rings (SSSR count). The van der Waals surface area contributed by atoms with Crippen LogP contribution in [0.3, 0.4) is 0 Å². The van der Waals surface area contributed by atoms with Gasteiger partial charge in [-0.2, -0.15) is 13.2 Å². The lowest BCUT2D eigenvalue weighted by molar-refractivity contribution is -0.138. The zero-order valence-electron chi connectivity index (χ0n) is 10.3. The van der Waals surface area contributed by atoms with Crippen molar-refractivity contribution in [2.45, 2.75) is 40.8 Å². The Morgan fingerprint density at radius 3 is 1.75 bits per heavy atom. The molecule has 1 aromatic carbocycles. The molecule has 0 bridgehead atoms. The van der Waals surface area contributed by atoms with Crippen LogP contribution in [0.25, 0.3) is 0 Å². The van der Waals surface area contributed by atoms with Crippen LogP contribution in [-0.4, -0.2) is 5.11 Å². The average Bonchev–Trinajstić information content (AvgIpc) is 2.26. The minimum Gasteiger partial charge on any atom is -0.508 e. The van der Waals surface area contributed by atoms with Crippen molar-refractivity contribution in [2.24, 2.45) is 0 Å². The normalized spacial score (nSPS) is 9.50. The van der Waals surface area contributed by atoms with E-state index in [0.717, 1.165) is 6.07 Å². The molecule has 1 nitrogen and oxygen atoms in total. The number of aromatic hydroxyl groups is 1. The van der Waals surface area contributed by atoms with Crippen LogP contribution in [0.1, 0.15) is 38.8 Å². The Labute approximate surface area is 94.9 Å². The maximum Gasteiger partial charge on any atom is 0.416 e. The summed E-state index contributed by atoms with van der Waals surface area (Å²) in [6, 6.07) is 3.18. The van der Waals surface area contributed by atoms with Gasteiger partial charge in [0.2, 0.25) is 0 Å². The van der Waals surface area contributed by atoms with Crippen molar-refractivity contribution in [3.05, 3.63) is 29.3 Å². The fraction of sp³-hybridized carbons (Fsp3) is 0.500. The summed E-state index contributed by atoms with van der Waals surface area (Å²) in [7, 11) is 0. The second-order valence-electron chi connectivity index (χ2n) is 2.50. The monoisotopic (exact) mass is 236 g/mol. The number of rotatable bonds is 0. The van der Waals surface area contributed by atoms with E-state index >= 15 is 0 Å². The number of aryl methyl sites for hydroxylation is 1. The Morgan fingerprint density at radius 2 is 1.44 bits per heavy atom. The van der Waals surface area contributed by atoms with Gasteiger partial charge in [0.1, 0.15) is 5.75 Å². The Kier molecular flexibility index (Phi) is 8.63. The predicted molar refractivity (Wildman–Crippen MR) is 60.5 cm³/mol. The minimum atomic E-state index is -4.39. The molecular weight excluding hydrogens is 217 g/mol. The van der Waals surface area contributed by atoms with Crippen LogP contribution in [-0.2, 0) is 6.18 Å². The SMILES string of the molecule is CC.CC.Cc1ccc(O)cc1C(F)(F)F. The summed E-state index contributed by atoms with van der Waals surface area (Å²) >= 11 is 0. The van der Waals surface area contributed by atoms with E-state index in [2.05, 4.69) is 0 Å². The van der Waals surface area contributed by atoms with Crippen LogP contribution >= 0.6 is 0 Å². The highest BCUT2D eigenvalue weighted by atomic mass is 19.4. The van der Waals surface area contributed by atoms with Crippen LogP contribution in [0, 0.1) is 6.92 Å². The number of phenols is 1. The molecule has 0 saturated carbocycles. The molecule has 0 fully saturated rings. The first-order chi connectivity index (χ1) is 7.41. The van der Waals surface area contributed by atoms with Crippen LogP contribution in [0.2, 0.25) is 0 Å². The van der Waals surface area contributed by atoms with Crippen LogP contribution in [0.15, 0.2) is 18.2 Å². The summed E-state index contributed by atoms with van der Waals surface area (Å²) in [5, 5.41) is 8.80. The molecular formula is C12H19F3O. The lowest BCUT2D eigenvalue weighted by Gasteiger charge is -2.09. The van der Waals surface area contributed by atoms with Crippen LogP contribution in [0.4, 0.5) is 13.2 Å². The molecule has 0 aliphatic carbocycles. The average molecular weight is 236 g/mol. The molecule has 0 aromatic heterocycles. The predicted octanol–water partition coefficient (Wildman–Crippen LogP) is 4.77. The van der Waals surface area contributed by atoms with E-state index in [0.29, 0.717) is 0 Å². The summed E-state index contributed by atoms with van der Waals surface area (Å²) in [6.07, 6.45) is -4.39. The highest BCUT2D eigenvalue weighted by Crippen LogP contribution is 2.33. The smallest absolute Gasteiger partial charge is 0.416 e. The van der Waals surface area contributed by atoms with Crippen molar-refractivity contribution in [1.29, 1.82) is 0 Å². The molecule has 1 aromatic rings. The van der Waals surface area contributed by atoms with Crippen molar-refractivity contribution < 1.29 is 18.3 Å². The molecule has 1 N–H and O–H groups in total. The lowest BCUT2D eigenvalue weighted by Crippen LogP contribution is -2.06. The number of benzene rings is 1. The molecule has 0 heterocycles. The molecule has 0 saturated heterocycles. The third kappa shape index (κ3) is 5.63. The van der Waals surface area contributed by atoms with Gasteiger partial charge in [0.15, 0.2) is 0 Å². The summed E-state index contributed by atoms with van der Waals surface area (Å²) in [5.41, 5.74) is -0.678. The summed E-state index contributed by atoms with van der Waals surface area (Å²) in [6.45, 7) is 9.35. The summed E-state index contributed by atoms with van der Waals surface area (Å²) in [4.78, 5) is 0. The van der Waals surface area contributed by atoms with Gasteiger partial charge in [-0.1, -0.05) is 33.8 Å². The number of halogens is 3. The van der Waals surface area contributed by atoms with E-state index < -0.39 is 11.7 Å². The zero-order chi connectivity index (χ0) is 13.4. The molecule has 0 aliphatic heterocycles. The second kappa shape index (κ2) is 8.02. The first kappa shape index (κ1) is 17.2. The Morgan fingerprint density at radius 1 is 1.00 bits per heavy atom. The Bertz CT molecular complexity index is 293. The number of hydrogen-bond donors (Lipinski definition) is 1. The van der Waals surface area contributed by atoms with Crippen molar-refractivity contribution in [3.63, 3.8) is 0 Å². The molecule has 0 unspecified atom stereocenters. The van der Waals surface area contributed by atoms with Gasteiger partial charge in [-0.15, -0.1) is 0 Å². The molecule has 0 amide bonds. The second-order valence-corrected chi connectivity index (χ2v) is 2.50. The Balaban J connectivity index is 0. The van der Waals surface area contributed by atoms with Gasteiger partial charge in [-0.3, -0.25) is 0 Å². The quantitative estimate of drug-likeness (QED) is 0.687. The van der Waals surface area contributed by atoms with Gasteiger partial charge < -0.3 is 5.11 Å². The zero-order valence-corrected chi connectivity index (χ0v) is 10.3. The van der Waals surface area contributed by atoms with E-state index in [4.69, 9.17) is 5.11 Å². The summed E-state index contributed by atoms with van der Waals surface area (Å²) in [5.74, 6) is -0.368. The molecule has 0 spiro atoms. The number of hydrogen-bond acceptors (Lipinski definition) is 1. The van der Waals surface area contributed by atoms with E-state index in [1.54, 1.807) is 0 Å². The fourth-order valence-electron chi connectivity index (χ4n) is 0.915. The van der Waals surface area contributed by atoms with Gasteiger partial charge in [-0.05, 0) is 24.6 Å². The summed E-state index contributed by atoms with van der Waals surface area (Å²) < 4.78 is 36.4. The van der Waals surface area contributed by atoms with Crippen LogP contribution in [0.5, 0.6) is 5.75 Å². The number of alkyl halides is 3. The van der Waals surface area contributed by atoms with Gasteiger partial charge in [0.25, 0.3) is 0 Å². The first-order valence-electron chi connectivity index (χ1n) is 5.28. The maximum absolute atomic E-state index is 12.1. The third-order valence-electron chi connectivity index (χ3n) is 1.53. The van der Waals surface area contributed by atoms with Crippen molar-refractivity contribution in [3.8, 4) is 5.75 Å². The van der Waals surface area contributed by atoms with Crippen molar-refractivity contribution >= 4 is 0 Å². The van der Waals surface area contributed by atoms with E-state index in [1.807, 2.05) is 27.7 Å².